The third-order valence-corrected chi connectivity index (χ3v) is 4.44. The van der Waals surface area contributed by atoms with Crippen LogP contribution in [0.2, 0.25) is 0 Å². The second-order valence-corrected chi connectivity index (χ2v) is 6.36. The summed E-state index contributed by atoms with van der Waals surface area (Å²) in [5.74, 6) is 0. The van der Waals surface area contributed by atoms with Crippen molar-refractivity contribution in [3.05, 3.63) is 0 Å². The zero-order valence-corrected chi connectivity index (χ0v) is 15.5. The lowest BCUT2D eigenvalue weighted by Crippen LogP contribution is -3.00. The zero-order valence-electron chi connectivity index (χ0n) is 14.7. The molecule has 0 heterocycles. The smallest absolute Gasteiger partial charge is 0.0786 e. The Morgan fingerprint density at radius 3 is 1.15 bits per heavy atom. The van der Waals surface area contributed by atoms with E-state index in [4.69, 9.17) is 0 Å². The van der Waals surface area contributed by atoms with Crippen LogP contribution < -0.4 is 12.4 Å². The molecule has 124 valence electrons. The van der Waals surface area contributed by atoms with Crippen LogP contribution in [0.25, 0.3) is 0 Å². The molecule has 0 aliphatic rings. The van der Waals surface area contributed by atoms with Gasteiger partial charge in [-0.3, -0.25) is 0 Å². The molecule has 0 aliphatic carbocycles. The standard InChI is InChI=1S/C18H40N.ClH/c1-5-9-13-14-18-19(15-10-6-2,16-11-7-3)17-12-8-4;/h5-18H2,1-4H3;1H/q+1;/p-1. The summed E-state index contributed by atoms with van der Waals surface area (Å²) in [6.07, 6.45) is 14.0. The molecular formula is C18H40ClN. The van der Waals surface area contributed by atoms with E-state index in [2.05, 4.69) is 27.7 Å². The van der Waals surface area contributed by atoms with Gasteiger partial charge in [-0.25, -0.2) is 0 Å². The second kappa shape index (κ2) is 15.6. The van der Waals surface area contributed by atoms with Crippen molar-refractivity contribution in [3.63, 3.8) is 0 Å². The van der Waals surface area contributed by atoms with E-state index in [1.807, 2.05) is 0 Å². The number of hydrogen-bond acceptors (Lipinski definition) is 0. The maximum atomic E-state index is 2.34. The Labute approximate surface area is 135 Å². The lowest BCUT2D eigenvalue weighted by molar-refractivity contribution is -0.929. The molecule has 2 heteroatoms. The normalized spacial score (nSPS) is 11.4. The van der Waals surface area contributed by atoms with E-state index in [-0.39, 0.29) is 12.4 Å². The van der Waals surface area contributed by atoms with Crippen molar-refractivity contribution in [3.8, 4) is 0 Å². The van der Waals surface area contributed by atoms with Gasteiger partial charge in [-0.1, -0.05) is 59.8 Å². The van der Waals surface area contributed by atoms with Crippen LogP contribution in [0.15, 0.2) is 0 Å². The molecule has 20 heavy (non-hydrogen) atoms. The van der Waals surface area contributed by atoms with Crippen molar-refractivity contribution in [2.75, 3.05) is 26.2 Å². The lowest BCUT2D eigenvalue weighted by atomic mass is 10.1. The molecule has 0 atom stereocenters. The molecule has 1 nitrogen and oxygen atoms in total. The van der Waals surface area contributed by atoms with Gasteiger partial charge in [0.25, 0.3) is 0 Å². The van der Waals surface area contributed by atoms with Crippen LogP contribution in [-0.2, 0) is 0 Å². The van der Waals surface area contributed by atoms with E-state index >= 15 is 0 Å². The quantitative estimate of drug-likeness (QED) is 0.342. The average molecular weight is 306 g/mol. The number of rotatable bonds is 14. The van der Waals surface area contributed by atoms with Crippen LogP contribution in [0.3, 0.4) is 0 Å². The van der Waals surface area contributed by atoms with Crippen LogP contribution in [-0.4, -0.2) is 30.7 Å². The predicted molar refractivity (Wildman–Crippen MR) is 88.6 cm³/mol. The SMILES string of the molecule is CCCCCC[N+](CCCC)(CCCC)CCCC.[Cl-]. The summed E-state index contributed by atoms with van der Waals surface area (Å²) in [7, 11) is 0. The van der Waals surface area contributed by atoms with E-state index in [1.54, 1.807) is 0 Å². The van der Waals surface area contributed by atoms with Gasteiger partial charge in [-0.05, 0) is 32.1 Å². The van der Waals surface area contributed by atoms with Gasteiger partial charge in [-0.2, -0.15) is 0 Å². The van der Waals surface area contributed by atoms with Crippen LogP contribution in [0.4, 0.5) is 0 Å². The van der Waals surface area contributed by atoms with Crippen molar-refractivity contribution in [1.82, 2.24) is 0 Å². The van der Waals surface area contributed by atoms with Gasteiger partial charge in [0, 0.05) is 0 Å². The molecule has 0 aromatic carbocycles. The molecule has 0 aromatic rings. The first-order valence-corrected chi connectivity index (χ1v) is 9.09. The summed E-state index contributed by atoms with van der Waals surface area (Å²) in [6, 6.07) is 0. The van der Waals surface area contributed by atoms with Crippen molar-refractivity contribution in [2.45, 2.75) is 91.9 Å². The first-order valence-electron chi connectivity index (χ1n) is 9.09. The van der Waals surface area contributed by atoms with Crippen LogP contribution >= 0.6 is 0 Å². The molecule has 0 N–H and O–H groups in total. The molecule has 0 saturated heterocycles. The Morgan fingerprint density at radius 2 is 0.800 bits per heavy atom. The summed E-state index contributed by atoms with van der Waals surface area (Å²) in [6.45, 7) is 15.1. The molecule has 0 rings (SSSR count). The minimum Gasteiger partial charge on any atom is -1.00 e. The Kier molecular flexibility index (Phi) is 17.6. The van der Waals surface area contributed by atoms with Crippen molar-refractivity contribution >= 4 is 0 Å². The minimum absolute atomic E-state index is 0. The van der Waals surface area contributed by atoms with Gasteiger partial charge >= 0.3 is 0 Å². The monoisotopic (exact) mass is 305 g/mol. The number of halogens is 1. The fourth-order valence-electron chi connectivity index (χ4n) is 3.03. The molecule has 0 amide bonds. The molecule has 0 radical (unpaired) electrons. The molecule has 0 aromatic heterocycles. The first kappa shape index (κ1) is 22.5. The molecule has 0 spiro atoms. The Hall–Kier alpha value is 0.250. The maximum Gasteiger partial charge on any atom is 0.0786 e. The van der Waals surface area contributed by atoms with E-state index in [9.17, 15) is 0 Å². The van der Waals surface area contributed by atoms with E-state index in [1.165, 1.54) is 94.9 Å². The van der Waals surface area contributed by atoms with E-state index < -0.39 is 0 Å². The largest absolute Gasteiger partial charge is 1.00 e. The minimum atomic E-state index is 0. The Morgan fingerprint density at radius 1 is 0.450 bits per heavy atom. The lowest BCUT2D eigenvalue weighted by Gasteiger charge is -2.39. The number of nitrogens with zero attached hydrogens (tertiary/aromatic N) is 1. The molecule has 0 bridgehead atoms. The van der Waals surface area contributed by atoms with Crippen LogP contribution in [0.5, 0.6) is 0 Å². The third kappa shape index (κ3) is 11.0. The van der Waals surface area contributed by atoms with Gasteiger partial charge in [0.15, 0.2) is 0 Å². The summed E-state index contributed by atoms with van der Waals surface area (Å²) in [4.78, 5) is 0. The topological polar surface area (TPSA) is 0 Å². The second-order valence-electron chi connectivity index (χ2n) is 6.36. The van der Waals surface area contributed by atoms with Gasteiger partial charge < -0.3 is 16.9 Å². The van der Waals surface area contributed by atoms with Gasteiger partial charge in [0.05, 0.1) is 26.2 Å². The van der Waals surface area contributed by atoms with Gasteiger partial charge in [-0.15, -0.1) is 0 Å². The molecule has 0 aliphatic heterocycles. The highest BCUT2D eigenvalue weighted by Crippen LogP contribution is 2.17. The summed E-state index contributed by atoms with van der Waals surface area (Å²) in [5.41, 5.74) is 0. The molecule has 0 unspecified atom stereocenters. The van der Waals surface area contributed by atoms with Crippen LogP contribution in [0, 0.1) is 0 Å². The van der Waals surface area contributed by atoms with Crippen molar-refractivity contribution in [1.29, 1.82) is 0 Å². The van der Waals surface area contributed by atoms with E-state index in [0.717, 1.165) is 0 Å². The Bertz CT molecular complexity index is 160. The van der Waals surface area contributed by atoms with Crippen molar-refractivity contribution in [2.24, 2.45) is 0 Å². The fraction of sp³-hybridized carbons (Fsp3) is 1.00. The number of quaternary nitrogens is 1. The summed E-state index contributed by atoms with van der Waals surface area (Å²) in [5, 5.41) is 0. The average Bonchev–Trinajstić information content (AvgIpc) is 2.44. The van der Waals surface area contributed by atoms with Crippen molar-refractivity contribution < 1.29 is 16.9 Å². The zero-order chi connectivity index (χ0) is 14.4. The molecule has 0 saturated carbocycles. The maximum absolute atomic E-state index is 2.34. The first-order chi connectivity index (χ1) is 9.24. The fourth-order valence-corrected chi connectivity index (χ4v) is 3.03. The highest BCUT2D eigenvalue weighted by atomic mass is 35.5. The van der Waals surface area contributed by atoms with Crippen LogP contribution in [0.1, 0.15) is 91.9 Å². The van der Waals surface area contributed by atoms with E-state index in [0.29, 0.717) is 0 Å². The molecule has 0 fully saturated rings. The number of hydrogen-bond donors (Lipinski definition) is 0. The highest BCUT2D eigenvalue weighted by molar-refractivity contribution is 4.50. The molecular weight excluding hydrogens is 266 g/mol. The van der Waals surface area contributed by atoms with Gasteiger partial charge in [0.1, 0.15) is 0 Å². The van der Waals surface area contributed by atoms with Gasteiger partial charge in [0.2, 0.25) is 0 Å². The summed E-state index contributed by atoms with van der Waals surface area (Å²) >= 11 is 0. The number of unbranched alkanes of at least 4 members (excludes halogenated alkanes) is 6. The Balaban J connectivity index is 0. The third-order valence-electron chi connectivity index (χ3n) is 4.44. The predicted octanol–water partition coefficient (Wildman–Crippen LogP) is 2.79. The summed E-state index contributed by atoms with van der Waals surface area (Å²) < 4.78 is 1.43. The highest BCUT2D eigenvalue weighted by Gasteiger charge is 2.24.